The van der Waals surface area contributed by atoms with E-state index in [1.54, 1.807) is 18.2 Å². The quantitative estimate of drug-likeness (QED) is 0.391. The summed E-state index contributed by atoms with van der Waals surface area (Å²) < 4.78 is 0. The van der Waals surface area contributed by atoms with Gasteiger partial charge in [0, 0.05) is 10.5 Å². The minimum absolute atomic E-state index is 0.280. The number of hydrogen-bond donors (Lipinski definition) is 2. The number of rotatable bonds is 3. The van der Waals surface area contributed by atoms with Gasteiger partial charge >= 0.3 is 7.12 Å². The molecule has 0 amide bonds. The lowest BCUT2D eigenvalue weighted by molar-refractivity contribution is -0.509. The minimum Gasteiger partial charge on any atom is -0.422 e. The maximum absolute atomic E-state index is 10.4. The van der Waals surface area contributed by atoms with Crippen LogP contribution in [0.1, 0.15) is 11.5 Å². The van der Waals surface area contributed by atoms with Crippen LogP contribution in [-0.2, 0) is 0 Å². The van der Waals surface area contributed by atoms with Gasteiger partial charge in [0.15, 0.2) is 0 Å². The van der Waals surface area contributed by atoms with E-state index in [-0.39, 0.29) is 5.56 Å². The van der Waals surface area contributed by atoms with Gasteiger partial charge in [0.05, 0.1) is 0 Å². The third-order valence-electron chi connectivity index (χ3n) is 1.65. The van der Waals surface area contributed by atoms with E-state index >= 15 is 0 Å². The molecular formula is C7H8BNO4. The normalized spacial score (nSPS) is 12.2. The summed E-state index contributed by atoms with van der Waals surface area (Å²) in [6.07, 6.45) is 0. The molecule has 5 nitrogen and oxygen atoms in total. The summed E-state index contributed by atoms with van der Waals surface area (Å²) in [6, 6.07) is 7.87. The molecule has 0 aliphatic heterocycles. The highest BCUT2D eigenvalue weighted by Crippen LogP contribution is 2.16. The predicted octanol–water partition coefficient (Wildman–Crippen LogP) is 0.0164. The summed E-state index contributed by atoms with van der Waals surface area (Å²) in [5.74, 6) is -1.47. The third-order valence-corrected chi connectivity index (χ3v) is 1.65. The van der Waals surface area contributed by atoms with Crippen molar-refractivity contribution < 1.29 is 15.0 Å². The van der Waals surface area contributed by atoms with Crippen LogP contribution in [0, 0.1) is 10.1 Å². The first-order chi connectivity index (χ1) is 6.13. The molecule has 1 aromatic carbocycles. The zero-order chi connectivity index (χ0) is 9.84. The molecule has 0 fully saturated rings. The topological polar surface area (TPSA) is 83.6 Å². The van der Waals surface area contributed by atoms with E-state index in [9.17, 15) is 10.1 Å². The number of nitrogens with zero attached hydrogens (tertiary/aromatic N) is 1. The molecule has 0 spiro atoms. The lowest BCUT2D eigenvalue weighted by Crippen LogP contribution is -2.29. The van der Waals surface area contributed by atoms with Crippen LogP contribution >= 0.6 is 0 Å². The molecule has 0 saturated heterocycles. The molecule has 1 unspecified atom stereocenters. The Bertz CT molecular complexity index is 290. The fourth-order valence-electron chi connectivity index (χ4n) is 1.05. The van der Waals surface area contributed by atoms with Crippen molar-refractivity contribution in [3.63, 3.8) is 0 Å². The van der Waals surface area contributed by atoms with Crippen LogP contribution in [0.5, 0.6) is 0 Å². The summed E-state index contributed by atoms with van der Waals surface area (Å²) in [7, 11) is -1.97. The van der Waals surface area contributed by atoms with Crippen molar-refractivity contribution in [1.82, 2.24) is 0 Å². The molecule has 0 saturated carbocycles. The number of benzene rings is 1. The molecule has 0 radical (unpaired) electrons. The molecule has 2 N–H and O–H groups in total. The molecule has 0 aliphatic rings. The molecule has 13 heavy (non-hydrogen) atoms. The van der Waals surface area contributed by atoms with E-state index in [0.717, 1.165) is 0 Å². The van der Waals surface area contributed by atoms with Gasteiger partial charge in [0.25, 0.3) is 5.94 Å². The Labute approximate surface area is 74.9 Å². The Morgan fingerprint density at radius 3 is 2.23 bits per heavy atom. The lowest BCUT2D eigenvalue weighted by Gasteiger charge is -2.07. The number of nitro groups is 1. The van der Waals surface area contributed by atoms with Gasteiger partial charge in [-0.1, -0.05) is 30.3 Å². The Morgan fingerprint density at radius 2 is 1.85 bits per heavy atom. The van der Waals surface area contributed by atoms with E-state index in [1.807, 2.05) is 0 Å². The SMILES string of the molecule is O=[N+]([O-])C(B(O)O)c1ccccc1. The van der Waals surface area contributed by atoms with Crippen LogP contribution in [0.4, 0.5) is 0 Å². The molecule has 0 heterocycles. The van der Waals surface area contributed by atoms with Crippen molar-refractivity contribution in [2.45, 2.75) is 5.94 Å². The fraction of sp³-hybridized carbons (Fsp3) is 0.143. The van der Waals surface area contributed by atoms with Gasteiger partial charge in [-0.2, -0.15) is 0 Å². The second-order valence-corrected chi connectivity index (χ2v) is 2.55. The first kappa shape index (κ1) is 9.69. The Hall–Kier alpha value is -1.40. The van der Waals surface area contributed by atoms with E-state index in [0.29, 0.717) is 0 Å². The zero-order valence-corrected chi connectivity index (χ0v) is 6.70. The van der Waals surface area contributed by atoms with E-state index < -0.39 is 18.0 Å². The maximum Gasteiger partial charge on any atom is 0.540 e. The highest BCUT2D eigenvalue weighted by atomic mass is 16.6. The number of hydrogen-bond acceptors (Lipinski definition) is 4. The van der Waals surface area contributed by atoms with Crippen LogP contribution in [0.3, 0.4) is 0 Å². The van der Waals surface area contributed by atoms with Crippen molar-refractivity contribution in [2.75, 3.05) is 0 Å². The average molecular weight is 181 g/mol. The Balaban J connectivity index is 2.96. The van der Waals surface area contributed by atoms with Gasteiger partial charge in [-0.05, 0) is 0 Å². The first-order valence-corrected chi connectivity index (χ1v) is 3.67. The fourth-order valence-corrected chi connectivity index (χ4v) is 1.05. The Kier molecular flexibility index (Phi) is 3.00. The predicted molar refractivity (Wildman–Crippen MR) is 46.4 cm³/mol. The molecule has 0 aliphatic carbocycles. The van der Waals surface area contributed by atoms with Gasteiger partial charge in [-0.3, -0.25) is 10.1 Å². The molecule has 0 aromatic heterocycles. The molecule has 6 heteroatoms. The summed E-state index contributed by atoms with van der Waals surface area (Å²) in [6.45, 7) is 0. The van der Waals surface area contributed by atoms with Crippen molar-refractivity contribution in [1.29, 1.82) is 0 Å². The van der Waals surface area contributed by atoms with Crippen LogP contribution < -0.4 is 0 Å². The van der Waals surface area contributed by atoms with Crippen LogP contribution in [-0.4, -0.2) is 22.1 Å². The zero-order valence-electron chi connectivity index (χ0n) is 6.70. The molecule has 0 bridgehead atoms. The van der Waals surface area contributed by atoms with E-state index in [4.69, 9.17) is 10.0 Å². The average Bonchev–Trinajstić information content (AvgIpc) is 2.04. The van der Waals surface area contributed by atoms with Crippen molar-refractivity contribution >= 4 is 7.12 Å². The molecule has 1 aromatic rings. The highest BCUT2D eigenvalue weighted by Gasteiger charge is 2.36. The van der Waals surface area contributed by atoms with Gasteiger partial charge in [0.1, 0.15) is 0 Å². The van der Waals surface area contributed by atoms with Crippen LogP contribution in [0.15, 0.2) is 30.3 Å². The van der Waals surface area contributed by atoms with Gasteiger partial charge < -0.3 is 10.0 Å². The van der Waals surface area contributed by atoms with Crippen molar-refractivity contribution in [3.8, 4) is 0 Å². The Morgan fingerprint density at radius 1 is 1.31 bits per heavy atom. The molecule has 68 valence electrons. The van der Waals surface area contributed by atoms with Crippen molar-refractivity contribution in [3.05, 3.63) is 46.0 Å². The highest BCUT2D eigenvalue weighted by molar-refractivity contribution is 6.42. The molecular weight excluding hydrogens is 173 g/mol. The minimum atomic E-state index is -1.97. The standard InChI is InChI=1S/C7H8BNO4/c10-8(11)7(9(12)13)6-4-2-1-3-5-6/h1-5,7,10-11H. The summed E-state index contributed by atoms with van der Waals surface area (Å²) in [5, 5.41) is 27.9. The largest absolute Gasteiger partial charge is 0.540 e. The maximum atomic E-state index is 10.4. The second kappa shape index (κ2) is 4.02. The summed E-state index contributed by atoms with van der Waals surface area (Å²) in [5.41, 5.74) is 0.280. The molecule has 1 rings (SSSR count). The monoisotopic (exact) mass is 181 g/mol. The van der Waals surface area contributed by atoms with Gasteiger partial charge in [0.2, 0.25) is 0 Å². The van der Waals surface area contributed by atoms with E-state index in [2.05, 4.69) is 0 Å². The lowest BCUT2D eigenvalue weighted by atomic mass is 9.76. The third kappa shape index (κ3) is 2.27. The van der Waals surface area contributed by atoms with Crippen molar-refractivity contribution in [2.24, 2.45) is 0 Å². The van der Waals surface area contributed by atoms with Crippen LogP contribution in [0.25, 0.3) is 0 Å². The van der Waals surface area contributed by atoms with Gasteiger partial charge in [-0.15, -0.1) is 0 Å². The summed E-state index contributed by atoms with van der Waals surface area (Å²) in [4.78, 5) is 9.70. The second-order valence-electron chi connectivity index (χ2n) is 2.55. The van der Waals surface area contributed by atoms with Crippen LogP contribution in [0.2, 0.25) is 0 Å². The molecule has 1 atom stereocenters. The smallest absolute Gasteiger partial charge is 0.422 e. The summed E-state index contributed by atoms with van der Waals surface area (Å²) >= 11 is 0. The first-order valence-electron chi connectivity index (χ1n) is 3.67. The van der Waals surface area contributed by atoms with Gasteiger partial charge in [-0.25, -0.2) is 0 Å². The van der Waals surface area contributed by atoms with E-state index in [1.165, 1.54) is 12.1 Å².